The van der Waals surface area contributed by atoms with Crippen LogP contribution in [0.3, 0.4) is 0 Å². The average molecular weight is 284 g/mol. The lowest BCUT2D eigenvalue weighted by atomic mass is 10.1. The summed E-state index contributed by atoms with van der Waals surface area (Å²) in [5.74, 6) is 1.80. The fourth-order valence-electron chi connectivity index (χ4n) is 1.89. The van der Waals surface area contributed by atoms with Crippen molar-refractivity contribution in [3.63, 3.8) is 0 Å². The summed E-state index contributed by atoms with van der Waals surface area (Å²) >= 11 is 0. The molecule has 0 radical (unpaired) electrons. The zero-order chi connectivity index (χ0) is 15.2. The second-order valence-corrected chi connectivity index (χ2v) is 4.34. The van der Waals surface area contributed by atoms with Crippen molar-refractivity contribution in [2.24, 2.45) is 0 Å². The molecule has 0 saturated carbocycles. The van der Waals surface area contributed by atoms with Crippen LogP contribution < -0.4 is 19.9 Å². The van der Waals surface area contributed by atoms with Gasteiger partial charge in [-0.15, -0.1) is 0 Å². The van der Waals surface area contributed by atoms with E-state index in [9.17, 15) is 0 Å². The Morgan fingerprint density at radius 1 is 1.05 bits per heavy atom. The van der Waals surface area contributed by atoms with Gasteiger partial charge >= 0.3 is 0 Å². The Balaban J connectivity index is 2.10. The number of nitrogen functional groups attached to an aromatic ring is 1. The number of nitrogens with zero attached hydrogens (tertiary/aromatic N) is 1. The smallest absolute Gasteiger partial charge is 0.142 e. The first-order valence-corrected chi connectivity index (χ1v) is 6.31. The van der Waals surface area contributed by atoms with Gasteiger partial charge in [0, 0.05) is 6.07 Å². The summed E-state index contributed by atoms with van der Waals surface area (Å²) < 4.78 is 15.9. The zero-order valence-electron chi connectivity index (χ0n) is 11.9. The molecular formula is C16H16N2O3. The molecule has 0 bridgehead atoms. The van der Waals surface area contributed by atoms with Crippen molar-refractivity contribution in [2.75, 3.05) is 20.0 Å². The van der Waals surface area contributed by atoms with E-state index in [-0.39, 0.29) is 0 Å². The van der Waals surface area contributed by atoms with E-state index in [0.717, 1.165) is 5.56 Å². The first kappa shape index (κ1) is 14.5. The van der Waals surface area contributed by atoms with Crippen molar-refractivity contribution >= 4 is 5.69 Å². The molecule has 2 aromatic carbocycles. The van der Waals surface area contributed by atoms with E-state index >= 15 is 0 Å². The van der Waals surface area contributed by atoms with Crippen LogP contribution in [-0.2, 0) is 6.61 Å². The molecule has 0 unspecified atom stereocenters. The quantitative estimate of drug-likeness (QED) is 0.854. The van der Waals surface area contributed by atoms with E-state index in [0.29, 0.717) is 35.1 Å². The molecule has 5 nitrogen and oxygen atoms in total. The molecule has 0 spiro atoms. The van der Waals surface area contributed by atoms with Crippen LogP contribution in [0.5, 0.6) is 17.2 Å². The van der Waals surface area contributed by atoms with Crippen molar-refractivity contribution in [1.29, 1.82) is 5.26 Å². The standard InChI is InChI=1S/C16H16N2O3/c1-19-15-6-5-13(8-14(15)18)21-10-11-3-4-12(9-17)16(7-11)20-2/h3-8H,10,18H2,1-2H3. The van der Waals surface area contributed by atoms with Crippen molar-refractivity contribution in [1.82, 2.24) is 0 Å². The molecule has 2 rings (SSSR count). The summed E-state index contributed by atoms with van der Waals surface area (Å²) in [6.07, 6.45) is 0. The maximum Gasteiger partial charge on any atom is 0.142 e. The maximum atomic E-state index is 8.94. The van der Waals surface area contributed by atoms with Crippen molar-refractivity contribution in [3.8, 4) is 23.3 Å². The molecule has 2 aromatic rings. The summed E-state index contributed by atoms with van der Waals surface area (Å²) in [5, 5.41) is 8.94. The number of anilines is 1. The third kappa shape index (κ3) is 3.37. The molecule has 0 atom stereocenters. The number of hydrogen-bond donors (Lipinski definition) is 1. The molecule has 0 aliphatic rings. The second kappa shape index (κ2) is 6.53. The Morgan fingerprint density at radius 3 is 2.43 bits per heavy atom. The zero-order valence-corrected chi connectivity index (χ0v) is 11.9. The van der Waals surface area contributed by atoms with Crippen LogP contribution >= 0.6 is 0 Å². The molecule has 0 heterocycles. The predicted molar refractivity (Wildman–Crippen MR) is 79.4 cm³/mol. The third-order valence-corrected chi connectivity index (χ3v) is 2.99. The number of benzene rings is 2. The molecule has 0 saturated heterocycles. The Hall–Kier alpha value is -2.87. The highest BCUT2D eigenvalue weighted by Gasteiger charge is 2.05. The lowest BCUT2D eigenvalue weighted by molar-refractivity contribution is 0.304. The van der Waals surface area contributed by atoms with Gasteiger partial charge in [-0.1, -0.05) is 6.07 Å². The number of nitrogens with two attached hydrogens (primary N) is 1. The largest absolute Gasteiger partial charge is 0.495 e. The third-order valence-electron chi connectivity index (χ3n) is 2.99. The van der Waals surface area contributed by atoms with Gasteiger partial charge in [0.25, 0.3) is 0 Å². The molecule has 5 heteroatoms. The van der Waals surface area contributed by atoms with Gasteiger partial charge in [-0.25, -0.2) is 0 Å². The van der Waals surface area contributed by atoms with Gasteiger partial charge in [-0.05, 0) is 29.8 Å². The van der Waals surface area contributed by atoms with E-state index in [2.05, 4.69) is 6.07 Å². The summed E-state index contributed by atoms with van der Waals surface area (Å²) in [6, 6.07) is 12.6. The molecule has 0 aromatic heterocycles. The fourth-order valence-corrected chi connectivity index (χ4v) is 1.89. The summed E-state index contributed by atoms with van der Waals surface area (Å²) in [5.41, 5.74) is 7.74. The molecule has 108 valence electrons. The van der Waals surface area contributed by atoms with Crippen LogP contribution in [0, 0.1) is 11.3 Å². The van der Waals surface area contributed by atoms with Gasteiger partial charge in [0.15, 0.2) is 0 Å². The van der Waals surface area contributed by atoms with Crippen LogP contribution in [0.25, 0.3) is 0 Å². The van der Waals surface area contributed by atoms with Crippen LogP contribution in [0.4, 0.5) is 5.69 Å². The maximum absolute atomic E-state index is 8.94. The highest BCUT2D eigenvalue weighted by molar-refractivity contribution is 5.56. The number of nitriles is 1. The number of ether oxygens (including phenoxy) is 3. The van der Waals surface area contributed by atoms with Gasteiger partial charge in [0.05, 0.1) is 25.5 Å². The van der Waals surface area contributed by atoms with Crippen LogP contribution in [0.15, 0.2) is 36.4 Å². The molecule has 21 heavy (non-hydrogen) atoms. The molecule has 0 aliphatic carbocycles. The van der Waals surface area contributed by atoms with Gasteiger partial charge in [-0.3, -0.25) is 0 Å². The molecule has 0 fully saturated rings. The number of methoxy groups -OCH3 is 2. The summed E-state index contributed by atoms with van der Waals surface area (Å²) in [6.45, 7) is 0.355. The SMILES string of the molecule is COc1ccc(OCc2ccc(C#N)c(OC)c2)cc1N. The van der Waals surface area contributed by atoms with E-state index in [4.69, 9.17) is 25.2 Å². The highest BCUT2D eigenvalue weighted by atomic mass is 16.5. The van der Waals surface area contributed by atoms with Crippen LogP contribution in [0.1, 0.15) is 11.1 Å². The lowest BCUT2D eigenvalue weighted by Crippen LogP contribution is -1.99. The lowest BCUT2D eigenvalue weighted by Gasteiger charge is -2.10. The van der Waals surface area contributed by atoms with E-state index in [1.807, 2.05) is 6.07 Å². The Kier molecular flexibility index (Phi) is 4.52. The number of rotatable bonds is 5. The molecule has 0 aliphatic heterocycles. The first-order chi connectivity index (χ1) is 10.2. The molecular weight excluding hydrogens is 268 g/mol. The Labute approximate surface area is 123 Å². The number of hydrogen-bond acceptors (Lipinski definition) is 5. The minimum Gasteiger partial charge on any atom is -0.495 e. The summed E-state index contributed by atoms with van der Waals surface area (Å²) in [4.78, 5) is 0. The average Bonchev–Trinajstić information content (AvgIpc) is 2.52. The topological polar surface area (TPSA) is 77.5 Å². The fraction of sp³-hybridized carbons (Fsp3) is 0.188. The van der Waals surface area contributed by atoms with Crippen molar-refractivity contribution in [2.45, 2.75) is 6.61 Å². The molecule has 2 N–H and O–H groups in total. The Morgan fingerprint density at radius 2 is 1.81 bits per heavy atom. The minimum absolute atomic E-state index is 0.355. The predicted octanol–water partition coefficient (Wildman–Crippen LogP) is 2.74. The summed E-state index contributed by atoms with van der Waals surface area (Å²) in [7, 11) is 3.10. The van der Waals surface area contributed by atoms with E-state index in [1.54, 1.807) is 37.4 Å². The van der Waals surface area contributed by atoms with Gasteiger partial charge in [0.1, 0.15) is 29.9 Å². The van der Waals surface area contributed by atoms with E-state index < -0.39 is 0 Å². The second-order valence-electron chi connectivity index (χ2n) is 4.34. The van der Waals surface area contributed by atoms with Crippen LogP contribution in [0.2, 0.25) is 0 Å². The van der Waals surface area contributed by atoms with Crippen molar-refractivity contribution in [3.05, 3.63) is 47.5 Å². The molecule has 0 amide bonds. The van der Waals surface area contributed by atoms with Gasteiger partial charge in [-0.2, -0.15) is 5.26 Å². The first-order valence-electron chi connectivity index (χ1n) is 6.31. The Bertz CT molecular complexity index is 678. The van der Waals surface area contributed by atoms with E-state index in [1.165, 1.54) is 7.11 Å². The van der Waals surface area contributed by atoms with Crippen LogP contribution in [-0.4, -0.2) is 14.2 Å². The highest BCUT2D eigenvalue weighted by Crippen LogP contribution is 2.27. The normalized spacial score (nSPS) is 9.76. The van der Waals surface area contributed by atoms with Gasteiger partial charge < -0.3 is 19.9 Å². The van der Waals surface area contributed by atoms with Crippen molar-refractivity contribution < 1.29 is 14.2 Å². The minimum atomic E-state index is 0.355. The monoisotopic (exact) mass is 284 g/mol. The van der Waals surface area contributed by atoms with Gasteiger partial charge in [0.2, 0.25) is 0 Å².